The Balaban J connectivity index is 1.94. The predicted octanol–water partition coefficient (Wildman–Crippen LogP) is 1.65. The highest BCUT2D eigenvalue weighted by molar-refractivity contribution is 5.86. The number of hydrogen-bond donors (Lipinski definition) is 2. The maximum Gasteiger partial charge on any atom is 0.0504 e. The maximum atomic E-state index is 5.91. The molecule has 1 aliphatic heterocycles. The quantitative estimate of drug-likeness (QED) is 0.823. The fraction of sp³-hybridized carbons (Fsp3) is 0.467. The highest BCUT2D eigenvalue weighted by Crippen LogP contribution is 2.25. The number of nitrogens with one attached hydrogen (secondary N) is 1. The van der Waals surface area contributed by atoms with Crippen LogP contribution in [-0.4, -0.2) is 35.6 Å². The molecule has 0 saturated carbocycles. The lowest BCUT2D eigenvalue weighted by atomic mass is 10.1. The normalized spacial score (nSPS) is 17.1. The number of anilines is 1. The number of piperazine rings is 1. The Morgan fingerprint density at radius 1 is 1.26 bits per heavy atom. The van der Waals surface area contributed by atoms with Gasteiger partial charge in [0.15, 0.2) is 0 Å². The number of nitrogens with two attached hydrogens (primary N) is 1. The molecule has 3 rings (SSSR count). The number of nitrogens with zero attached hydrogens (tertiary/aromatic N) is 2. The number of aryl methyl sites for hydroxylation is 1. The molecule has 4 heteroatoms. The van der Waals surface area contributed by atoms with Crippen LogP contribution in [0.4, 0.5) is 5.69 Å². The average Bonchev–Trinajstić information content (AvgIpc) is 2.77. The van der Waals surface area contributed by atoms with Gasteiger partial charge in [0.05, 0.1) is 5.52 Å². The van der Waals surface area contributed by atoms with Gasteiger partial charge < -0.3 is 15.6 Å². The van der Waals surface area contributed by atoms with Crippen LogP contribution >= 0.6 is 0 Å². The van der Waals surface area contributed by atoms with E-state index in [2.05, 4.69) is 40.0 Å². The largest absolute Gasteiger partial charge is 0.399 e. The van der Waals surface area contributed by atoms with Crippen LogP contribution in [0.1, 0.15) is 12.5 Å². The zero-order chi connectivity index (χ0) is 13.2. The lowest BCUT2D eigenvalue weighted by molar-refractivity contribution is 0.234. The Bertz CT molecular complexity index is 567. The molecule has 19 heavy (non-hydrogen) atoms. The first kappa shape index (κ1) is 12.5. The van der Waals surface area contributed by atoms with Crippen LogP contribution < -0.4 is 11.1 Å². The summed E-state index contributed by atoms with van der Waals surface area (Å²) in [5, 5.41) is 4.74. The van der Waals surface area contributed by atoms with Gasteiger partial charge in [-0.1, -0.05) is 6.07 Å². The lowest BCUT2D eigenvalue weighted by Crippen LogP contribution is -2.42. The van der Waals surface area contributed by atoms with Gasteiger partial charge in [-0.3, -0.25) is 4.90 Å². The molecule has 1 aliphatic rings. The van der Waals surface area contributed by atoms with Crippen molar-refractivity contribution in [3.05, 3.63) is 30.0 Å². The van der Waals surface area contributed by atoms with E-state index in [4.69, 9.17) is 5.73 Å². The third-order valence-electron chi connectivity index (χ3n) is 3.93. The summed E-state index contributed by atoms with van der Waals surface area (Å²) >= 11 is 0. The predicted molar refractivity (Wildman–Crippen MR) is 80.2 cm³/mol. The van der Waals surface area contributed by atoms with Crippen molar-refractivity contribution in [1.82, 2.24) is 14.8 Å². The van der Waals surface area contributed by atoms with E-state index in [0.29, 0.717) is 0 Å². The van der Waals surface area contributed by atoms with Gasteiger partial charge in [0.25, 0.3) is 0 Å². The Kier molecular flexibility index (Phi) is 3.44. The maximum absolute atomic E-state index is 5.91. The Hall–Kier alpha value is -1.52. The molecule has 2 heterocycles. The fourth-order valence-corrected chi connectivity index (χ4v) is 2.88. The molecule has 1 aromatic carbocycles. The van der Waals surface area contributed by atoms with Gasteiger partial charge in [0.1, 0.15) is 0 Å². The van der Waals surface area contributed by atoms with Crippen LogP contribution in [-0.2, 0) is 13.1 Å². The van der Waals surface area contributed by atoms with Crippen molar-refractivity contribution >= 4 is 16.6 Å². The van der Waals surface area contributed by atoms with Gasteiger partial charge in [-0.05, 0) is 24.6 Å². The van der Waals surface area contributed by atoms with Gasteiger partial charge in [-0.15, -0.1) is 0 Å². The first-order valence-electron chi connectivity index (χ1n) is 7.08. The monoisotopic (exact) mass is 258 g/mol. The summed E-state index contributed by atoms with van der Waals surface area (Å²) < 4.78 is 2.29. The molecule has 2 aromatic rings. The van der Waals surface area contributed by atoms with Crippen LogP contribution in [0.25, 0.3) is 10.9 Å². The van der Waals surface area contributed by atoms with Crippen LogP contribution in [0, 0.1) is 0 Å². The molecule has 0 aliphatic carbocycles. The van der Waals surface area contributed by atoms with E-state index in [-0.39, 0.29) is 0 Å². The SMILES string of the molecule is CCn1cc(CN2CCNCC2)c2ccc(N)cc21. The Morgan fingerprint density at radius 2 is 2.05 bits per heavy atom. The highest BCUT2D eigenvalue weighted by atomic mass is 15.2. The molecule has 0 bridgehead atoms. The summed E-state index contributed by atoms with van der Waals surface area (Å²) in [7, 11) is 0. The number of hydrogen-bond acceptors (Lipinski definition) is 3. The minimum Gasteiger partial charge on any atom is -0.399 e. The number of aromatic nitrogens is 1. The zero-order valence-corrected chi connectivity index (χ0v) is 11.5. The van der Waals surface area contributed by atoms with Crippen molar-refractivity contribution in [3.8, 4) is 0 Å². The van der Waals surface area contributed by atoms with Crippen LogP contribution in [0.3, 0.4) is 0 Å². The van der Waals surface area contributed by atoms with Crippen molar-refractivity contribution in [2.45, 2.75) is 20.0 Å². The lowest BCUT2D eigenvalue weighted by Gasteiger charge is -2.26. The van der Waals surface area contributed by atoms with E-state index in [1.165, 1.54) is 16.5 Å². The number of nitrogen functional groups attached to an aromatic ring is 1. The van der Waals surface area contributed by atoms with E-state index in [1.807, 2.05) is 6.07 Å². The molecule has 1 aromatic heterocycles. The summed E-state index contributed by atoms with van der Waals surface area (Å²) in [5.41, 5.74) is 9.42. The van der Waals surface area contributed by atoms with E-state index < -0.39 is 0 Å². The topological polar surface area (TPSA) is 46.2 Å². The second-order valence-corrected chi connectivity index (χ2v) is 5.24. The van der Waals surface area contributed by atoms with Crippen molar-refractivity contribution in [2.24, 2.45) is 0 Å². The minimum absolute atomic E-state index is 0.842. The van der Waals surface area contributed by atoms with Crippen LogP contribution in [0.15, 0.2) is 24.4 Å². The van der Waals surface area contributed by atoms with Gasteiger partial charge in [0, 0.05) is 56.5 Å². The van der Waals surface area contributed by atoms with Crippen molar-refractivity contribution in [1.29, 1.82) is 0 Å². The molecule has 4 nitrogen and oxygen atoms in total. The summed E-state index contributed by atoms with van der Waals surface area (Å²) in [6, 6.07) is 6.25. The Morgan fingerprint density at radius 3 is 2.79 bits per heavy atom. The molecule has 0 atom stereocenters. The standard InChI is InChI=1S/C15H22N4/c1-2-19-11-12(10-18-7-5-17-6-8-18)14-4-3-13(16)9-15(14)19/h3-4,9,11,17H,2,5-8,10,16H2,1H3. The van der Waals surface area contributed by atoms with Crippen molar-refractivity contribution in [3.63, 3.8) is 0 Å². The highest BCUT2D eigenvalue weighted by Gasteiger charge is 2.14. The molecule has 102 valence electrons. The first-order chi connectivity index (χ1) is 9.28. The molecular formula is C15H22N4. The zero-order valence-electron chi connectivity index (χ0n) is 11.5. The smallest absolute Gasteiger partial charge is 0.0504 e. The summed E-state index contributed by atoms with van der Waals surface area (Å²) in [6.45, 7) is 8.66. The number of benzene rings is 1. The third-order valence-corrected chi connectivity index (χ3v) is 3.93. The fourth-order valence-electron chi connectivity index (χ4n) is 2.88. The summed E-state index contributed by atoms with van der Waals surface area (Å²) in [5.74, 6) is 0. The average molecular weight is 258 g/mol. The molecule has 0 unspecified atom stereocenters. The van der Waals surface area contributed by atoms with Gasteiger partial charge in [-0.2, -0.15) is 0 Å². The van der Waals surface area contributed by atoms with Crippen molar-refractivity contribution in [2.75, 3.05) is 31.9 Å². The molecule has 1 fully saturated rings. The van der Waals surface area contributed by atoms with E-state index >= 15 is 0 Å². The molecule has 1 saturated heterocycles. The molecular weight excluding hydrogens is 236 g/mol. The summed E-state index contributed by atoms with van der Waals surface area (Å²) in [4.78, 5) is 2.52. The minimum atomic E-state index is 0.842. The molecule has 0 amide bonds. The number of fused-ring (bicyclic) bond motifs is 1. The second-order valence-electron chi connectivity index (χ2n) is 5.24. The second kappa shape index (κ2) is 5.23. The van der Waals surface area contributed by atoms with Gasteiger partial charge in [0.2, 0.25) is 0 Å². The number of rotatable bonds is 3. The van der Waals surface area contributed by atoms with Crippen LogP contribution in [0.5, 0.6) is 0 Å². The van der Waals surface area contributed by atoms with Gasteiger partial charge >= 0.3 is 0 Å². The van der Waals surface area contributed by atoms with E-state index in [1.54, 1.807) is 0 Å². The van der Waals surface area contributed by atoms with E-state index in [9.17, 15) is 0 Å². The van der Waals surface area contributed by atoms with Crippen molar-refractivity contribution < 1.29 is 0 Å². The molecule has 0 spiro atoms. The van der Waals surface area contributed by atoms with Crippen LogP contribution in [0.2, 0.25) is 0 Å². The first-order valence-corrected chi connectivity index (χ1v) is 7.08. The molecule has 0 radical (unpaired) electrons. The summed E-state index contributed by atoms with van der Waals surface area (Å²) in [6.07, 6.45) is 2.28. The van der Waals surface area contributed by atoms with E-state index in [0.717, 1.165) is 45.0 Å². The molecule has 3 N–H and O–H groups in total. The Labute approximate surface area is 114 Å². The van der Waals surface area contributed by atoms with Gasteiger partial charge in [-0.25, -0.2) is 0 Å². The third kappa shape index (κ3) is 2.46.